The van der Waals surface area contributed by atoms with Gasteiger partial charge in [-0.1, -0.05) is 18.6 Å². The molecule has 178 valence electrons. The van der Waals surface area contributed by atoms with E-state index in [4.69, 9.17) is 28.4 Å². The van der Waals surface area contributed by atoms with Gasteiger partial charge in [-0.15, -0.1) is 0 Å². The van der Waals surface area contributed by atoms with Crippen LogP contribution in [0.1, 0.15) is 42.5 Å². The molecule has 1 saturated carbocycles. The molecule has 1 amide bonds. The summed E-state index contributed by atoms with van der Waals surface area (Å²) in [6, 6.07) is 14.4. The number of benzene rings is 2. The van der Waals surface area contributed by atoms with Gasteiger partial charge < -0.3 is 21.5 Å². The minimum atomic E-state index is -0.650. The molecule has 0 unspecified atom stereocenters. The zero-order chi connectivity index (χ0) is 24.1. The Morgan fingerprint density at radius 2 is 1.76 bits per heavy atom. The van der Waals surface area contributed by atoms with Crippen molar-refractivity contribution in [3.05, 3.63) is 54.1 Å². The first-order valence-corrected chi connectivity index (χ1v) is 11.4. The Morgan fingerprint density at radius 3 is 2.47 bits per heavy atom. The maximum atomic E-state index is 13.1. The number of ether oxygens (including phenoxy) is 1. The molecule has 1 aliphatic carbocycles. The van der Waals surface area contributed by atoms with E-state index in [-0.39, 0.29) is 22.9 Å². The Morgan fingerprint density at radius 1 is 1.06 bits per heavy atom. The van der Waals surface area contributed by atoms with Gasteiger partial charge in [-0.25, -0.2) is 4.99 Å². The minimum absolute atomic E-state index is 0.161. The first-order valence-electron chi connectivity index (χ1n) is 11.0. The number of guanidine groups is 2. The fourth-order valence-electron chi connectivity index (χ4n) is 4.35. The van der Waals surface area contributed by atoms with Crippen molar-refractivity contribution >= 4 is 46.5 Å². The molecule has 1 aliphatic heterocycles. The van der Waals surface area contributed by atoms with Crippen molar-refractivity contribution in [2.45, 2.75) is 37.8 Å². The molecular formula is C23H28N8O2S. The number of carbonyl (C=O) groups excluding carboxylic acids is 1. The molecule has 10 nitrogen and oxygen atoms in total. The summed E-state index contributed by atoms with van der Waals surface area (Å²) in [7, 11) is 1.60. The summed E-state index contributed by atoms with van der Waals surface area (Å²) in [6.07, 6.45) is 4.64. The second-order valence-corrected chi connectivity index (χ2v) is 8.51. The van der Waals surface area contributed by atoms with E-state index in [0.717, 1.165) is 43.5 Å². The van der Waals surface area contributed by atoms with Crippen LogP contribution in [0, 0.1) is 0 Å². The molecule has 0 aromatic heterocycles. The van der Waals surface area contributed by atoms with Crippen LogP contribution in [0.4, 0.5) is 11.4 Å². The molecule has 2 aromatic carbocycles. The normalized spacial score (nSPS) is 16.8. The van der Waals surface area contributed by atoms with Crippen LogP contribution in [0.15, 0.2) is 58.5 Å². The van der Waals surface area contributed by atoms with Crippen molar-refractivity contribution in [1.82, 2.24) is 10.9 Å². The van der Waals surface area contributed by atoms with Gasteiger partial charge in [0.05, 0.1) is 18.4 Å². The predicted molar refractivity (Wildman–Crippen MR) is 138 cm³/mol. The van der Waals surface area contributed by atoms with Crippen molar-refractivity contribution < 1.29 is 9.53 Å². The zero-order valence-corrected chi connectivity index (χ0v) is 19.7. The predicted octanol–water partition coefficient (Wildman–Crippen LogP) is 2.44. The van der Waals surface area contributed by atoms with E-state index in [9.17, 15) is 4.79 Å². The lowest BCUT2D eigenvalue weighted by Crippen LogP contribution is -2.58. The molecule has 2 aliphatic rings. The highest BCUT2D eigenvalue weighted by Gasteiger charge is 2.43. The lowest BCUT2D eigenvalue weighted by molar-refractivity contribution is 0.0944. The van der Waals surface area contributed by atoms with E-state index in [1.54, 1.807) is 31.4 Å². The molecule has 4 rings (SSSR count). The van der Waals surface area contributed by atoms with Crippen LogP contribution in [0.25, 0.3) is 0 Å². The van der Waals surface area contributed by atoms with Gasteiger partial charge in [0.25, 0.3) is 5.91 Å². The number of hydrazine groups is 1. The van der Waals surface area contributed by atoms with Crippen LogP contribution in [0.3, 0.4) is 0 Å². The summed E-state index contributed by atoms with van der Waals surface area (Å²) >= 11 is 5.30. The average Bonchev–Trinajstić information content (AvgIpc) is 2.83. The molecule has 2 aromatic rings. The third kappa shape index (κ3) is 4.88. The molecule has 1 spiro atoms. The Hall–Kier alpha value is -3.86. The smallest absolute Gasteiger partial charge is 0.271 e. The molecule has 0 saturated heterocycles. The topological polar surface area (TPSA) is 142 Å². The number of nitrogens with one attached hydrogen (secondary N) is 3. The molecule has 0 radical (unpaired) electrons. The number of nitrogens with two attached hydrogens (primary N) is 2. The number of amides is 1. The number of nitrogens with zero attached hydrogens (tertiary/aromatic N) is 3. The number of aliphatic imine (C=N–C) groups is 2. The van der Waals surface area contributed by atoms with E-state index < -0.39 is 5.66 Å². The fraction of sp³-hybridized carbons (Fsp3) is 0.304. The number of carbonyl (C=O) groups is 1. The standard InChI is InChI=1S/C23H28N8O2S/c1-33-16-11-9-15(10-12-16)26-22(34)30-29-19(32)17-7-3-4-8-18(17)31-21(25)27-20(24)28-23(31)13-5-2-6-14-23/h3-4,7-12H,2,5-6,13-14H2,1H3,(H,29,32)(H2,26,30,34)(H4,24,25,27,28). The number of anilines is 2. The molecule has 34 heavy (non-hydrogen) atoms. The van der Waals surface area contributed by atoms with Crippen LogP contribution < -0.4 is 37.3 Å². The van der Waals surface area contributed by atoms with E-state index >= 15 is 0 Å². The van der Waals surface area contributed by atoms with E-state index in [1.165, 1.54) is 0 Å². The first-order chi connectivity index (χ1) is 16.4. The number of methoxy groups -OCH3 is 1. The summed E-state index contributed by atoms with van der Waals surface area (Å²) in [4.78, 5) is 23.9. The SMILES string of the molecule is COc1ccc(NC(=S)NNC(=O)c2ccccc2N2C(N)=NC(N)=NC23CCCCC3)cc1. The number of hydrogen-bond acceptors (Lipinski definition) is 8. The molecule has 0 bridgehead atoms. The summed E-state index contributed by atoms with van der Waals surface area (Å²) in [5.41, 5.74) is 18.8. The van der Waals surface area contributed by atoms with Gasteiger partial charge >= 0.3 is 0 Å². The average molecular weight is 481 g/mol. The monoisotopic (exact) mass is 480 g/mol. The summed E-state index contributed by atoms with van der Waals surface area (Å²) in [5.74, 6) is 0.737. The van der Waals surface area contributed by atoms with Gasteiger partial charge in [-0.3, -0.25) is 20.5 Å². The van der Waals surface area contributed by atoms with Gasteiger partial charge in [0, 0.05) is 5.69 Å². The number of para-hydroxylation sites is 1. The highest BCUT2D eigenvalue weighted by Crippen LogP contribution is 2.40. The quantitative estimate of drug-likeness (QED) is 0.332. The van der Waals surface area contributed by atoms with Gasteiger partial charge in [0.2, 0.25) is 11.9 Å². The Bertz CT molecular complexity index is 1130. The summed E-state index contributed by atoms with van der Waals surface area (Å²) in [5, 5.41) is 3.24. The molecule has 1 heterocycles. The Kier molecular flexibility index (Phi) is 6.82. The van der Waals surface area contributed by atoms with Gasteiger partial charge in [-0.05, 0) is 74.3 Å². The van der Waals surface area contributed by atoms with Crippen molar-refractivity contribution in [1.29, 1.82) is 0 Å². The zero-order valence-electron chi connectivity index (χ0n) is 18.9. The van der Waals surface area contributed by atoms with Crippen LogP contribution in [0.5, 0.6) is 5.75 Å². The number of thiocarbonyl (C=S) groups is 1. The summed E-state index contributed by atoms with van der Waals surface area (Å²) in [6.45, 7) is 0. The minimum Gasteiger partial charge on any atom is -0.497 e. The lowest BCUT2D eigenvalue weighted by atomic mass is 9.87. The third-order valence-corrected chi connectivity index (χ3v) is 6.08. The van der Waals surface area contributed by atoms with Crippen LogP contribution in [0.2, 0.25) is 0 Å². The van der Waals surface area contributed by atoms with Gasteiger partial charge in [-0.2, -0.15) is 4.99 Å². The highest BCUT2D eigenvalue weighted by atomic mass is 32.1. The molecule has 7 N–H and O–H groups in total. The Labute approximate surface area is 203 Å². The van der Waals surface area contributed by atoms with Gasteiger partial charge in [0.1, 0.15) is 11.4 Å². The summed E-state index contributed by atoms with van der Waals surface area (Å²) < 4.78 is 5.15. The van der Waals surface area contributed by atoms with E-state index in [2.05, 4.69) is 26.2 Å². The van der Waals surface area contributed by atoms with Crippen LogP contribution >= 0.6 is 12.2 Å². The van der Waals surface area contributed by atoms with Crippen molar-refractivity contribution in [3.63, 3.8) is 0 Å². The molecule has 0 atom stereocenters. The highest BCUT2D eigenvalue weighted by molar-refractivity contribution is 7.80. The molecular weight excluding hydrogens is 452 g/mol. The van der Waals surface area contributed by atoms with Crippen LogP contribution in [-0.4, -0.2) is 35.7 Å². The largest absolute Gasteiger partial charge is 0.497 e. The van der Waals surface area contributed by atoms with E-state index in [0.29, 0.717) is 11.3 Å². The van der Waals surface area contributed by atoms with Crippen molar-refractivity contribution in [2.24, 2.45) is 21.5 Å². The molecule has 1 fully saturated rings. The van der Waals surface area contributed by atoms with Crippen molar-refractivity contribution in [3.8, 4) is 5.75 Å². The first kappa shape index (κ1) is 23.3. The Balaban J connectivity index is 1.50. The number of rotatable bonds is 4. The van der Waals surface area contributed by atoms with Gasteiger partial charge in [0.15, 0.2) is 5.11 Å². The fourth-order valence-corrected chi connectivity index (χ4v) is 4.52. The molecule has 11 heteroatoms. The van der Waals surface area contributed by atoms with E-state index in [1.807, 2.05) is 29.2 Å². The second-order valence-electron chi connectivity index (χ2n) is 8.10. The second kappa shape index (κ2) is 9.96. The maximum absolute atomic E-state index is 13.1. The lowest BCUT2D eigenvalue weighted by Gasteiger charge is -2.46. The maximum Gasteiger partial charge on any atom is 0.271 e. The third-order valence-electron chi connectivity index (χ3n) is 5.88. The number of hydrogen-bond donors (Lipinski definition) is 5. The van der Waals surface area contributed by atoms with Crippen LogP contribution in [-0.2, 0) is 0 Å². The van der Waals surface area contributed by atoms with Crippen molar-refractivity contribution in [2.75, 3.05) is 17.3 Å².